The van der Waals surface area contributed by atoms with E-state index in [4.69, 9.17) is 40.3 Å². The normalized spacial score (nSPS) is 11.1. The van der Waals surface area contributed by atoms with E-state index in [0.717, 1.165) is 12.1 Å². The molecule has 11 heteroatoms. The lowest BCUT2D eigenvalue weighted by atomic mass is 10.2. The van der Waals surface area contributed by atoms with Crippen molar-refractivity contribution in [3.63, 3.8) is 0 Å². The van der Waals surface area contributed by atoms with Crippen LogP contribution < -0.4 is 0 Å². The molecule has 0 radical (unpaired) electrons. The summed E-state index contributed by atoms with van der Waals surface area (Å²) in [6, 6.07) is 2.84. The second kappa shape index (κ2) is 6.58. The van der Waals surface area contributed by atoms with Gasteiger partial charge in [0.25, 0.3) is 0 Å². The number of hydrogen-bond donors (Lipinski definition) is 0. The Hall–Kier alpha value is -1.73. The van der Waals surface area contributed by atoms with Crippen LogP contribution in [0.4, 0.5) is 8.78 Å². The number of benzene rings is 1. The largest absolute Gasteiger partial charge is 0.250 e. The van der Waals surface area contributed by atoms with Crippen LogP contribution in [0.1, 0.15) is 11.6 Å². The van der Waals surface area contributed by atoms with E-state index < -0.39 is 15.4 Å². The molecule has 0 atom stereocenters. The molecule has 2 rings (SSSR count). The third-order valence-corrected chi connectivity index (χ3v) is 2.89. The van der Waals surface area contributed by atoms with E-state index in [1.807, 2.05) is 0 Å². The summed E-state index contributed by atoms with van der Waals surface area (Å²) in [6.07, 6.45) is 0. The second-order valence-electron chi connectivity index (χ2n) is 3.91. The summed E-state index contributed by atoms with van der Waals surface area (Å²) >= 11 is 17.1. The Kier molecular flexibility index (Phi) is 4.97. The molecular formula is C11H5Cl3F2N6. The highest BCUT2D eigenvalue weighted by Crippen LogP contribution is 2.36. The van der Waals surface area contributed by atoms with Crippen LogP contribution in [0.15, 0.2) is 23.3 Å². The Bertz CT molecular complexity index is 758. The maximum Gasteiger partial charge on any atom is 0.250 e. The third kappa shape index (κ3) is 3.92. The summed E-state index contributed by atoms with van der Waals surface area (Å²) in [7, 11) is 0. The maximum absolute atomic E-state index is 13.8. The standard InChI is InChI=1S/C11H5Cl3F2N6/c12-11(13,14)10-20-8(4-18-22-17)19-9(21-10)6-2-1-5(15)3-7(6)16/h1-3H,4H2. The number of nitrogens with zero attached hydrogens (tertiary/aromatic N) is 6. The van der Waals surface area contributed by atoms with E-state index in [2.05, 4.69) is 25.0 Å². The van der Waals surface area contributed by atoms with Gasteiger partial charge in [-0.15, -0.1) is 0 Å². The Morgan fingerprint density at radius 3 is 2.50 bits per heavy atom. The first-order chi connectivity index (χ1) is 10.3. The molecule has 0 saturated carbocycles. The van der Waals surface area contributed by atoms with Gasteiger partial charge in [0.2, 0.25) is 3.79 Å². The summed E-state index contributed by atoms with van der Waals surface area (Å²) < 4.78 is 24.8. The summed E-state index contributed by atoms with van der Waals surface area (Å²) in [5.41, 5.74) is 8.22. The van der Waals surface area contributed by atoms with Gasteiger partial charge in [-0.05, 0) is 17.7 Å². The molecule has 1 aromatic heterocycles. The van der Waals surface area contributed by atoms with E-state index in [9.17, 15) is 8.78 Å². The van der Waals surface area contributed by atoms with Gasteiger partial charge in [-0.3, -0.25) is 0 Å². The molecule has 1 aromatic carbocycles. The lowest BCUT2D eigenvalue weighted by Gasteiger charge is -2.12. The Morgan fingerprint density at radius 2 is 1.91 bits per heavy atom. The van der Waals surface area contributed by atoms with Crippen molar-refractivity contribution >= 4 is 34.8 Å². The SMILES string of the molecule is [N-]=[N+]=NCc1nc(-c2ccc(F)cc2F)nc(C(Cl)(Cl)Cl)n1. The predicted molar refractivity (Wildman–Crippen MR) is 77.3 cm³/mol. The molecule has 0 unspecified atom stereocenters. The molecule has 1 heterocycles. The average Bonchev–Trinajstić information content (AvgIpc) is 2.44. The number of azide groups is 1. The molecule has 0 bridgehead atoms. The number of rotatable bonds is 3. The van der Waals surface area contributed by atoms with Crippen LogP contribution in [-0.4, -0.2) is 15.0 Å². The number of hydrogen-bond acceptors (Lipinski definition) is 4. The molecule has 2 aromatic rings. The molecule has 0 fully saturated rings. The van der Waals surface area contributed by atoms with Gasteiger partial charge in [0.05, 0.1) is 12.1 Å². The quantitative estimate of drug-likeness (QED) is 0.348. The van der Waals surface area contributed by atoms with Gasteiger partial charge in [-0.1, -0.05) is 39.9 Å². The van der Waals surface area contributed by atoms with E-state index in [1.165, 1.54) is 0 Å². The van der Waals surface area contributed by atoms with E-state index in [-0.39, 0.29) is 29.6 Å². The van der Waals surface area contributed by atoms with Crippen LogP contribution in [-0.2, 0) is 10.3 Å². The van der Waals surface area contributed by atoms with Crippen molar-refractivity contribution in [3.05, 3.63) is 51.9 Å². The zero-order valence-corrected chi connectivity index (χ0v) is 12.8. The molecule has 0 aliphatic carbocycles. The molecule has 0 spiro atoms. The predicted octanol–water partition coefficient (Wildman–Crippen LogP) is 4.45. The molecule has 22 heavy (non-hydrogen) atoms. The number of alkyl halides is 3. The molecule has 114 valence electrons. The first kappa shape index (κ1) is 16.6. The van der Waals surface area contributed by atoms with Gasteiger partial charge in [-0.25, -0.2) is 23.7 Å². The van der Waals surface area contributed by atoms with E-state index in [0.29, 0.717) is 6.07 Å². The fraction of sp³-hybridized carbons (Fsp3) is 0.182. The summed E-state index contributed by atoms with van der Waals surface area (Å²) in [5.74, 6) is -2.11. The average molecular weight is 366 g/mol. The van der Waals surface area contributed by atoms with Crippen LogP contribution >= 0.6 is 34.8 Å². The minimum absolute atomic E-state index is 0.0205. The van der Waals surface area contributed by atoms with Crippen molar-refractivity contribution in [2.75, 3.05) is 0 Å². The molecule has 0 amide bonds. The Labute approximate surface area is 137 Å². The van der Waals surface area contributed by atoms with E-state index >= 15 is 0 Å². The van der Waals surface area contributed by atoms with Gasteiger partial charge in [0.15, 0.2) is 11.6 Å². The van der Waals surface area contributed by atoms with Gasteiger partial charge in [-0.2, -0.15) is 0 Å². The number of aromatic nitrogens is 3. The van der Waals surface area contributed by atoms with Crippen molar-refractivity contribution in [1.82, 2.24) is 15.0 Å². The second-order valence-corrected chi connectivity index (χ2v) is 6.19. The van der Waals surface area contributed by atoms with Crippen LogP contribution in [0.25, 0.3) is 21.8 Å². The van der Waals surface area contributed by atoms with E-state index in [1.54, 1.807) is 0 Å². The van der Waals surface area contributed by atoms with Crippen molar-refractivity contribution < 1.29 is 8.78 Å². The van der Waals surface area contributed by atoms with Crippen molar-refractivity contribution in [1.29, 1.82) is 0 Å². The van der Waals surface area contributed by atoms with Gasteiger partial charge < -0.3 is 0 Å². The number of halogens is 5. The third-order valence-electron chi connectivity index (χ3n) is 2.38. The van der Waals surface area contributed by atoms with Crippen LogP contribution in [0.2, 0.25) is 0 Å². The summed E-state index contributed by atoms with van der Waals surface area (Å²) in [6.45, 7) is -0.247. The zero-order chi connectivity index (χ0) is 16.3. The van der Waals surface area contributed by atoms with Crippen LogP contribution in [0, 0.1) is 11.6 Å². The first-order valence-corrected chi connectivity index (χ1v) is 6.73. The zero-order valence-electron chi connectivity index (χ0n) is 10.5. The summed E-state index contributed by atoms with van der Waals surface area (Å²) in [4.78, 5) is 14.2. The minimum atomic E-state index is -1.99. The highest BCUT2D eigenvalue weighted by Gasteiger charge is 2.28. The molecule has 0 saturated heterocycles. The van der Waals surface area contributed by atoms with Crippen molar-refractivity contribution in [2.45, 2.75) is 10.3 Å². The lowest BCUT2D eigenvalue weighted by molar-refractivity contribution is 0.584. The minimum Gasteiger partial charge on any atom is -0.213 e. The fourth-order valence-electron chi connectivity index (χ4n) is 1.50. The Morgan fingerprint density at radius 1 is 1.18 bits per heavy atom. The fourth-order valence-corrected chi connectivity index (χ4v) is 1.76. The monoisotopic (exact) mass is 364 g/mol. The lowest BCUT2D eigenvalue weighted by Crippen LogP contribution is -2.12. The molecule has 0 aliphatic rings. The van der Waals surface area contributed by atoms with Crippen molar-refractivity contribution in [3.8, 4) is 11.4 Å². The summed E-state index contributed by atoms with van der Waals surface area (Å²) in [5, 5.41) is 3.28. The van der Waals surface area contributed by atoms with Gasteiger partial charge in [0.1, 0.15) is 17.5 Å². The van der Waals surface area contributed by atoms with Gasteiger partial charge >= 0.3 is 0 Å². The van der Waals surface area contributed by atoms with Gasteiger partial charge in [0, 0.05) is 11.0 Å². The molecule has 0 N–H and O–H groups in total. The van der Waals surface area contributed by atoms with Crippen LogP contribution in [0.3, 0.4) is 0 Å². The molecule has 6 nitrogen and oxygen atoms in total. The topological polar surface area (TPSA) is 87.4 Å². The molecular weight excluding hydrogens is 361 g/mol. The molecule has 0 aliphatic heterocycles. The maximum atomic E-state index is 13.8. The first-order valence-electron chi connectivity index (χ1n) is 5.59. The highest BCUT2D eigenvalue weighted by molar-refractivity contribution is 6.66. The van der Waals surface area contributed by atoms with Crippen LogP contribution in [0.5, 0.6) is 0 Å². The smallest absolute Gasteiger partial charge is 0.213 e. The highest BCUT2D eigenvalue weighted by atomic mass is 35.6. The Balaban J connectivity index is 2.61. The van der Waals surface area contributed by atoms with Crippen molar-refractivity contribution in [2.24, 2.45) is 5.11 Å².